The first-order chi connectivity index (χ1) is 7.18. The molecule has 0 heterocycles. The van der Waals surface area contributed by atoms with E-state index in [9.17, 15) is 5.11 Å². The maximum Gasteiger partial charge on any atom is 0.120 e. The maximum atomic E-state index is 10.1. The fraction of sp³-hybridized carbons (Fsp3) is 0.500. The van der Waals surface area contributed by atoms with Crippen molar-refractivity contribution in [1.29, 1.82) is 0 Å². The number of rotatable bonds is 3. The number of ether oxygens (including phenoxy) is 1. The number of aliphatic hydroxyl groups is 1. The van der Waals surface area contributed by atoms with E-state index >= 15 is 0 Å². The summed E-state index contributed by atoms with van der Waals surface area (Å²) in [6.45, 7) is 0.424. The molecule has 1 aliphatic rings. The van der Waals surface area contributed by atoms with E-state index in [0.29, 0.717) is 6.61 Å². The van der Waals surface area contributed by atoms with Gasteiger partial charge in [-0.3, -0.25) is 0 Å². The molecule has 82 valence electrons. The van der Waals surface area contributed by atoms with Crippen molar-refractivity contribution in [3.8, 4) is 5.75 Å². The summed E-state index contributed by atoms with van der Waals surface area (Å²) in [5, 5.41) is 10.1. The maximum absolute atomic E-state index is 10.1. The minimum atomic E-state index is -0.582. The predicted octanol–water partition coefficient (Wildman–Crippen LogP) is 2.98. The third kappa shape index (κ3) is 3.08. The molecule has 0 radical (unpaired) electrons. The Balaban J connectivity index is 1.92. The van der Waals surface area contributed by atoms with Gasteiger partial charge >= 0.3 is 0 Å². The van der Waals surface area contributed by atoms with Crippen LogP contribution in [-0.2, 0) is 0 Å². The zero-order valence-corrected chi connectivity index (χ0v) is 10.7. The molecule has 1 saturated carbocycles. The van der Waals surface area contributed by atoms with E-state index in [0.717, 1.165) is 35.0 Å². The zero-order valence-electron chi connectivity index (χ0n) is 8.58. The van der Waals surface area contributed by atoms with Gasteiger partial charge in [-0.2, -0.15) is 0 Å². The minimum Gasteiger partial charge on any atom is -0.491 e. The first-order valence-corrected chi connectivity index (χ1v) is 6.37. The van der Waals surface area contributed by atoms with Crippen molar-refractivity contribution in [3.05, 3.63) is 27.8 Å². The van der Waals surface area contributed by atoms with Gasteiger partial charge in [-0.25, -0.2) is 0 Å². The summed E-state index contributed by atoms with van der Waals surface area (Å²) >= 11 is 2.25. The minimum absolute atomic E-state index is 0.424. The van der Waals surface area contributed by atoms with Crippen molar-refractivity contribution in [3.63, 3.8) is 0 Å². The van der Waals surface area contributed by atoms with Crippen LogP contribution >= 0.6 is 22.6 Å². The van der Waals surface area contributed by atoms with Gasteiger partial charge < -0.3 is 9.84 Å². The van der Waals surface area contributed by atoms with Crippen molar-refractivity contribution >= 4 is 22.6 Å². The molecule has 1 fully saturated rings. The second kappa shape index (κ2) is 4.70. The second-order valence-corrected chi connectivity index (χ2v) is 5.42. The molecule has 2 nitrogen and oxygen atoms in total. The lowest BCUT2D eigenvalue weighted by atomic mass is 10.0. The van der Waals surface area contributed by atoms with Crippen LogP contribution in [0.2, 0.25) is 0 Å². The van der Waals surface area contributed by atoms with E-state index in [1.54, 1.807) is 0 Å². The highest BCUT2D eigenvalue weighted by atomic mass is 127. The predicted molar refractivity (Wildman–Crippen MR) is 68.1 cm³/mol. The number of benzene rings is 1. The van der Waals surface area contributed by atoms with Gasteiger partial charge in [0.05, 0.1) is 5.60 Å². The Hall–Kier alpha value is -0.290. The Labute approximate surface area is 104 Å². The van der Waals surface area contributed by atoms with Gasteiger partial charge in [0.25, 0.3) is 0 Å². The normalized spacial score (nSPS) is 19.1. The molecule has 0 bridgehead atoms. The summed E-state index contributed by atoms with van der Waals surface area (Å²) in [6, 6.07) is 7.91. The molecule has 0 aliphatic heterocycles. The molecule has 1 aliphatic carbocycles. The van der Waals surface area contributed by atoms with Crippen LogP contribution in [0.15, 0.2) is 24.3 Å². The molecule has 2 rings (SSSR count). The highest BCUT2D eigenvalue weighted by Crippen LogP contribution is 2.30. The van der Waals surface area contributed by atoms with Crippen molar-refractivity contribution in [2.24, 2.45) is 0 Å². The van der Waals surface area contributed by atoms with Crippen LogP contribution in [0.1, 0.15) is 25.7 Å². The van der Waals surface area contributed by atoms with Crippen molar-refractivity contribution < 1.29 is 9.84 Å². The first kappa shape index (κ1) is 11.2. The molecule has 1 N–H and O–H groups in total. The van der Waals surface area contributed by atoms with Gasteiger partial charge in [0, 0.05) is 3.57 Å². The average molecular weight is 318 g/mol. The summed E-state index contributed by atoms with van der Waals surface area (Å²) < 4.78 is 6.77. The Kier molecular flexibility index (Phi) is 3.51. The second-order valence-electron chi connectivity index (χ2n) is 4.18. The lowest BCUT2D eigenvalue weighted by Gasteiger charge is -2.22. The van der Waals surface area contributed by atoms with E-state index in [-0.39, 0.29) is 0 Å². The lowest BCUT2D eigenvalue weighted by Crippen LogP contribution is -2.32. The highest BCUT2D eigenvalue weighted by Gasteiger charge is 2.31. The number of halogens is 1. The third-order valence-corrected chi connectivity index (χ3v) is 3.51. The van der Waals surface area contributed by atoms with Crippen LogP contribution in [-0.4, -0.2) is 17.3 Å². The fourth-order valence-corrected chi connectivity index (χ4v) is 2.47. The van der Waals surface area contributed by atoms with E-state index in [1.807, 2.05) is 24.3 Å². The van der Waals surface area contributed by atoms with Crippen LogP contribution < -0.4 is 4.74 Å². The van der Waals surface area contributed by atoms with Gasteiger partial charge in [0.2, 0.25) is 0 Å². The standard InChI is InChI=1S/C12H15IO2/c13-10-4-3-5-11(8-10)15-9-12(14)6-1-2-7-12/h3-5,8,14H,1-2,6-7,9H2. The summed E-state index contributed by atoms with van der Waals surface area (Å²) in [7, 11) is 0. The number of hydrogen-bond acceptors (Lipinski definition) is 2. The van der Waals surface area contributed by atoms with Gasteiger partial charge in [0.15, 0.2) is 0 Å². The van der Waals surface area contributed by atoms with Crippen LogP contribution in [0, 0.1) is 3.57 Å². The molecule has 0 atom stereocenters. The highest BCUT2D eigenvalue weighted by molar-refractivity contribution is 14.1. The summed E-state index contributed by atoms with van der Waals surface area (Å²) in [6.07, 6.45) is 3.98. The van der Waals surface area contributed by atoms with Crippen LogP contribution in [0.3, 0.4) is 0 Å². The monoisotopic (exact) mass is 318 g/mol. The van der Waals surface area contributed by atoms with Crippen molar-refractivity contribution in [1.82, 2.24) is 0 Å². The third-order valence-electron chi connectivity index (χ3n) is 2.84. The topological polar surface area (TPSA) is 29.5 Å². The molecule has 0 unspecified atom stereocenters. The molecule has 0 spiro atoms. The van der Waals surface area contributed by atoms with Gasteiger partial charge in [0.1, 0.15) is 12.4 Å². The summed E-state index contributed by atoms with van der Waals surface area (Å²) in [5.41, 5.74) is -0.582. The van der Waals surface area contributed by atoms with Crippen LogP contribution in [0.4, 0.5) is 0 Å². The van der Waals surface area contributed by atoms with Crippen LogP contribution in [0.25, 0.3) is 0 Å². The Morgan fingerprint density at radius 2 is 2.07 bits per heavy atom. The average Bonchev–Trinajstić information content (AvgIpc) is 2.63. The van der Waals surface area contributed by atoms with E-state index < -0.39 is 5.60 Å². The van der Waals surface area contributed by atoms with Crippen molar-refractivity contribution in [2.75, 3.05) is 6.61 Å². The van der Waals surface area contributed by atoms with Gasteiger partial charge in [-0.1, -0.05) is 18.9 Å². The molecule has 0 aromatic heterocycles. The van der Waals surface area contributed by atoms with E-state index in [1.165, 1.54) is 0 Å². The first-order valence-electron chi connectivity index (χ1n) is 5.29. The Morgan fingerprint density at radius 1 is 1.33 bits per heavy atom. The summed E-state index contributed by atoms with van der Waals surface area (Å²) in [4.78, 5) is 0. The Morgan fingerprint density at radius 3 is 2.73 bits per heavy atom. The van der Waals surface area contributed by atoms with E-state index in [2.05, 4.69) is 22.6 Å². The molecule has 0 saturated heterocycles. The molecule has 1 aromatic carbocycles. The molecule has 1 aromatic rings. The zero-order chi connectivity index (χ0) is 10.7. The Bertz CT molecular complexity index is 332. The van der Waals surface area contributed by atoms with Crippen LogP contribution in [0.5, 0.6) is 5.75 Å². The summed E-state index contributed by atoms with van der Waals surface area (Å²) in [5.74, 6) is 0.849. The molecular formula is C12H15IO2. The number of hydrogen-bond donors (Lipinski definition) is 1. The van der Waals surface area contributed by atoms with Gasteiger partial charge in [-0.15, -0.1) is 0 Å². The quantitative estimate of drug-likeness (QED) is 0.868. The fourth-order valence-electron chi connectivity index (χ4n) is 1.95. The van der Waals surface area contributed by atoms with Crippen molar-refractivity contribution in [2.45, 2.75) is 31.3 Å². The molecule has 0 amide bonds. The lowest BCUT2D eigenvalue weighted by molar-refractivity contribution is 0.00139. The largest absolute Gasteiger partial charge is 0.491 e. The molecule has 15 heavy (non-hydrogen) atoms. The molecule has 3 heteroatoms. The smallest absolute Gasteiger partial charge is 0.120 e. The van der Waals surface area contributed by atoms with E-state index in [4.69, 9.17) is 4.74 Å². The SMILES string of the molecule is OC1(COc2cccc(I)c2)CCCC1. The van der Waals surface area contributed by atoms with Gasteiger partial charge in [-0.05, 0) is 53.6 Å². The molecular weight excluding hydrogens is 303 g/mol.